The average Bonchev–Trinajstić information content (AvgIpc) is 3.14. The van der Waals surface area contributed by atoms with Crippen molar-refractivity contribution in [2.75, 3.05) is 6.54 Å². The van der Waals surface area contributed by atoms with E-state index in [2.05, 4.69) is 15.6 Å². The zero-order valence-corrected chi connectivity index (χ0v) is 11.3. The predicted octanol–water partition coefficient (Wildman–Crippen LogP) is 2.23. The topological polar surface area (TPSA) is 42.7 Å². The first-order valence-corrected chi connectivity index (χ1v) is 7.42. The van der Waals surface area contributed by atoms with E-state index >= 15 is 0 Å². The maximum Gasteiger partial charge on any atom is 0.0728 e. The Morgan fingerprint density at radius 2 is 2.06 bits per heavy atom. The molecule has 0 aliphatic heterocycles. The van der Waals surface area contributed by atoms with Crippen LogP contribution in [0.5, 0.6) is 0 Å². The van der Waals surface area contributed by atoms with E-state index in [1.54, 1.807) is 0 Å². The Bertz CT molecular complexity index is 383. The third kappa shape index (κ3) is 2.74. The van der Waals surface area contributed by atoms with Gasteiger partial charge < -0.3 is 5.32 Å². The highest BCUT2D eigenvalue weighted by molar-refractivity contribution is 5.06. The van der Waals surface area contributed by atoms with Crippen LogP contribution in [0.4, 0.5) is 0 Å². The van der Waals surface area contributed by atoms with Crippen LogP contribution in [0.25, 0.3) is 0 Å². The second-order valence-electron chi connectivity index (χ2n) is 5.97. The molecule has 1 aromatic heterocycles. The highest BCUT2D eigenvalue weighted by Crippen LogP contribution is 2.36. The molecule has 100 valence electrons. The van der Waals surface area contributed by atoms with Gasteiger partial charge in [0.25, 0.3) is 0 Å². The van der Waals surface area contributed by atoms with Crippen LogP contribution >= 0.6 is 0 Å². The molecule has 2 fully saturated rings. The molecule has 0 bridgehead atoms. The largest absolute Gasteiger partial charge is 0.314 e. The summed E-state index contributed by atoms with van der Waals surface area (Å²) in [5.74, 6) is 1.42. The van der Waals surface area contributed by atoms with Gasteiger partial charge in [-0.2, -0.15) is 0 Å². The van der Waals surface area contributed by atoms with Gasteiger partial charge in [-0.25, -0.2) is 0 Å². The fourth-order valence-corrected chi connectivity index (χ4v) is 3.26. The second-order valence-corrected chi connectivity index (χ2v) is 5.97. The Morgan fingerprint density at radius 1 is 1.22 bits per heavy atom. The minimum atomic E-state index is 0.652. The second kappa shape index (κ2) is 5.39. The fraction of sp³-hybridized carbons (Fsp3) is 0.857. The average molecular weight is 248 g/mol. The first-order chi connectivity index (χ1) is 8.84. The minimum Gasteiger partial charge on any atom is -0.314 e. The van der Waals surface area contributed by atoms with Crippen molar-refractivity contribution in [3.05, 3.63) is 11.9 Å². The highest BCUT2D eigenvalue weighted by Gasteiger charge is 2.29. The maximum atomic E-state index is 4.11. The minimum absolute atomic E-state index is 0.652. The Balaban J connectivity index is 1.71. The van der Waals surface area contributed by atoms with Gasteiger partial charge in [0.15, 0.2) is 0 Å². The van der Waals surface area contributed by atoms with Gasteiger partial charge >= 0.3 is 0 Å². The van der Waals surface area contributed by atoms with E-state index in [9.17, 15) is 0 Å². The zero-order valence-electron chi connectivity index (χ0n) is 11.3. The molecule has 2 saturated carbocycles. The standard InChI is InChI=1S/C14H24N4/c1-18-14(10-16-17-18)13-6-4-2-3-5-11(13)9-15-12-7-8-12/h10-13,15H,2-9H2,1H3. The van der Waals surface area contributed by atoms with Crippen molar-refractivity contribution >= 4 is 0 Å². The van der Waals surface area contributed by atoms with E-state index in [1.165, 1.54) is 57.2 Å². The number of aromatic nitrogens is 3. The molecule has 1 heterocycles. The number of nitrogens with one attached hydrogen (secondary N) is 1. The molecule has 3 rings (SSSR count). The summed E-state index contributed by atoms with van der Waals surface area (Å²) in [6.07, 6.45) is 11.5. The molecule has 0 aromatic carbocycles. The van der Waals surface area contributed by atoms with Crippen LogP contribution in [0.1, 0.15) is 56.6 Å². The monoisotopic (exact) mass is 248 g/mol. The van der Waals surface area contributed by atoms with E-state index in [0.717, 1.165) is 12.0 Å². The molecule has 18 heavy (non-hydrogen) atoms. The van der Waals surface area contributed by atoms with Gasteiger partial charge in [-0.05, 0) is 38.1 Å². The van der Waals surface area contributed by atoms with E-state index in [4.69, 9.17) is 0 Å². The first kappa shape index (κ1) is 12.2. The zero-order chi connectivity index (χ0) is 12.4. The molecule has 0 spiro atoms. The number of hydrogen-bond acceptors (Lipinski definition) is 3. The third-order valence-electron chi connectivity index (χ3n) is 4.53. The van der Waals surface area contributed by atoms with Crippen molar-refractivity contribution in [2.45, 2.75) is 56.9 Å². The van der Waals surface area contributed by atoms with Crippen LogP contribution < -0.4 is 5.32 Å². The lowest BCUT2D eigenvalue weighted by Crippen LogP contribution is -2.29. The SMILES string of the molecule is Cn1nncc1C1CCCCCC1CNC1CC1. The normalized spacial score (nSPS) is 29.2. The van der Waals surface area contributed by atoms with Gasteiger partial charge in [0.2, 0.25) is 0 Å². The Morgan fingerprint density at radius 3 is 2.78 bits per heavy atom. The summed E-state index contributed by atoms with van der Waals surface area (Å²) in [6.45, 7) is 1.18. The van der Waals surface area contributed by atoms with Gasteiger partial charge in [-0.15, -0.1) is 5.10 Å². The molecule has 1 aromatic rings. The summed E-state index contributed by atoms with van der Waals surface area (Å²) < 4.78 is 1.97. The lowest BCUT2D eigenvalue weighted by atomic mass is 9.85. The molecule has 2 atom stereocenters. The summed E-state index contributed by atoms with van der Waals surface area (Å²) in [5, 5.41) is 11.9. The van der Waals surface area contributed by atoms with Gasteiger partial charge in [-0.3, -0.25) is 4.68 Å². The summed E-state index contributed by atoms with van der Waals surface area (Å²) in [4.78, 5) is 0. The molecule has 0 radical (unpaired) electrons. The summed E-state index contributed by atoms with van der Waals surface area (Å²) >= 11 is 0. The molecule has 2 unspecified atom stereocenters. The highest BCUT2D eigenvalue weighted by atomic mass is 15.4. The molecule has 4 heteroatoms. The van der Waals surface area contributed by atoms with Crippen LogP contribution in [0.2, 0.25) is 0 Å². The predicted molar refractivity (Wildman–Crippen MR) is 71.3 cm³/mol. The van der Waals surface area contributed by atoms with E-state index in [0.29, 0.717) is 5.92 Å². The van der Waals surface area contributed by atoms with E-state index in [1.807, 2.05) is 17.9 Å². The smallest absolute Gasteiger partial charge is 0.0728 e. The van der Waals surface area contributed by atoms with E-state index in [-0.39, 0.29) is 0 Å². The van der Waals surface area contributed by atoms with Crippen LogP contribution in [0.15, 0.2) is 6.20 Å². The number of aryl methyl sites for hydroxylation is 1. The van der Waals surface area contributed by atoms with Crippen molar-refractivity contribution < 1.29 is 0 Å². The molecule has 0 amide bonds. The van der Waals surface area contributed by atoms with Crippen LogP contribution in [-0.2, 0) is 7.05 Å². The Labute approximate surface area is 109 Å². The van der Waals surface area contributed by atoms with Crippen molar-refractivity contribution in [1.82, 2.24) is 20.3 Å². The van der Waals surface area contributed by atoms with Crippen LogP contribution in [0.3, 0.4) is 0 Å². The number of rotatable bonds is 4. The molecule has 1 N–H and O–H groups in total. The van der Waals surface area contributed by atoms with Gasteiger partial charge in [-0.1, -0.05) is 24.5 Å². The van der Waals surface area contributed by atoms with Crippen molar-refractivity contribution in [1.29, 1.82) is 0 Å². The van der Waals surface area contributed by atoms with Gasteiger partial charge in [0, 0.05) is 19.0 Å². The Hall–Kier alpha value is -0.900. The molecular formula is C14H24N4. The number of hydrogen-bond donors (Lipinski definition) is 1. The first-order valence-electron chi connectivity index (χ1n) is 7.42. The summed E-state index contributed by atoms with van der Waals surface area (Å²) in [5.41, 5.74) is 1.33. The third-order valence-corrected chi connectivity index (χ3v) is 4.53. The number of nitrogens with zero attached hydrogens (tertiary/aromatic N) is 3. The summed E-state index contributed by atoms with van der Waals surface area (Å²) in [6, 6.07) is 0.818. The molecule has 2 aliphatic rings. The van der Waals surface area contributed by atoms with Crippen molar-refractivity contribution in [2.24, 2.45) is 13.0 Å². The summed E-state index contributed by atoms with van der Waals surface area (Å²) in [7, 11) is 2.03. The maximum absolute atomic E-state index is 4.11. The quantitative estimate of drug-likeness (QED) is 0.831. The fourth-order valence-electron chi connectivity index (χ4n) is 3.26. The van der Waals surface area contributed by atoms with Crippen LogP contribution in [0, 0.1) is 5.92 Å². The molecule has 4 nitrogen and oxygen atoms in total. The molecular weight excluding hydrogens is 224 g/mol. The Kier molecular flexibility index (Phi) is 3.64. The van der Waals surface area contributed by atoms with Crippen LogP contribution in [-0.4, -0.2) is 27.6 Å². The molecule has 2 aliphatic carbocycles. The van der Waals surface area contributed by atoms with Crippen molar-refractivity contribution in [3.8, 4) is 0 Å². The van der Waals surface area contributed by atoms with E-state index < -0.39 is 0 Å². The van der Waals surface area contributed by atoms with Gasteiger partial charge in [0.1, 0.15) is 0 Å². The van der Waals surface area contributed by atoms with Crippen molar-refractivity contribution in [3.63, 3.8) is 0 Å². The lowest BCUT2D eigenvalue weighted by Gasteiger charge is -2.25. The molecule has 0 saturated heterocycles. The lowest BCUT2D eigenvalue weighted by molar-refractivity contribution is 0.360. The van der Waals surface area contributed by atoms with Gasteiger partial charge in [0.05, 0.1) is 11.9 Å².